The molecule has 148 valence electrons. The van der Waals surface area contributed by atoms with E-state index < -0.39 is 10.9 Å². The van der Waals surface area contributed by atoms with Crippen LogP contribution in [0.2, 0.25) is 0 Å². The topological polar surface area (TPSA) is 26.3 Å². The molecule has 3 aromatic rings. The first kappa shape index (κ1) is 18.5. The van der Waals surface area contributed by atoms with E-state index in [1.165, 1.54) is 33.9 Å². The maximum atomic E-state index is 12.6. The Bertz CT molecular complexity index is 929. The number of carbonyl (C=O) groups is 1. The molecule has 2 aliphatic rings. The van der Waals surface area contributed by atoms with Crippen LogP contribution in [0.3, 0.4) is 0 Å². The van der Waals surface area contributed by atoms with Crippen molar-refractivity contribution in [2.24, 2.45) is 17.8 Å². The van der Waals surface area contributed by atoms with Crippen molar-refractivity contribution < 1.29 is 9.53 Å². The van der Waals surface area contributed by atoms with E-state index >= 15 is 0 Å². The van der Waals surface area contributed by atoms with Gasteiger partial charge in [-0.2, -0.15) is 10.9 Å². The van der Waals surface area contributed by atoms with E-state index in [0.717, 1.165) is 12.3 Å². The zero-order valence-electron chi connectivity index (χ0n) is 16.4. The van der Waals surface area contributed by atoms with Gasteiger partial charge < -0.3 is 4.74 Å². The fraction of sp³-hybridized carbons (Fsp3) is 0.269. The standard InChI is InChI=1S/C26H26O2S/c27-26(25-18-19-11-12-20(25)17-19)28-21-13-15-24(16-14-21)29(22-7-3-1-4-8-22)23-9-5-2-6-10-23/h1-10,13-16,19-20,25,29H,11-12,17-18H2. The average Bonchev–Trinajstić information content (AvgIpc) is 3.41. The van der Waals surface area contributed by atoms with Crippen LogP contribution in [-0.2, 0) is 4.79 Å². The van der Waals surface area contributed by atoms with Crippen LogP contribution in [-0.4, -0.2) is 5.97 Å². The van der Waals surface area contributed by atoms with E-state index in [2.05, 4.69) is 72.8 Å². The maximum Gasteiger partial charge on any atom is 0.314 e. The smallest absolute Gasteiger partial charge is 0.314 e. The Balaban J connectivity index is 1.37. The zero-order chi connectivity index (χ0) is 19.6. The Morgan fingerprint density at radius 2 is 1.31 bits per heavy atom. The van der Waals surface area contributed by atoms with Gasteiger partial charge in [-0.25, -0.2) is 0 Å². The van der Waals surface area contributed by atoms with Gasteiger partial charge in [0.15, 0.2) is 0 Å². The normalized spacial score (nSPS) is 23.0. The molecule has 3 heteroatoms. The second-order valence-electron chi connectivity index (χ2n) is 8.20. The molecule has 29 heavy (non-hydrogen) atoms. The molecular formula is C26H26O2S. The van der Waals surface area contributed by atoms with Crippen molar-refractivity contribution in [2.45, 2.75) is 40.4 Å². The minimum atomic E-state index is -0.632. The molecule has 0 spiro atoms. The third-order valence-corrected chi connectivity index (χ3v) is 8.83. The largest absolute Gasteiger partial charge is 0.426 e. The predicted molar refractivity (Wildman–Crippen MR) is 118 cm³/mol. The third-order valence-electron chi connectivity index (χ3n) is 6.38. The lowest BCUT2D eigenvalue weighted by Gasteiger charge is -2.24. The van der Waals surface area contributed by atoms with Crippen LogP contribution in [0.5, 0.6) is 5.75 Å². The predicted octanol–water partition coefficient (Wildman–Crippen LogP) is 6.51. The highest BCUT2D eigenvalue weighted by atomic mass is 32.2. The van der Waals surface area contributed by atoms with Crippen molar-refractivity contribution in [1.82, 2.24) is 0 Å². The Kier molecular flexibility index (Phi) is 5.15. The second kappa shape index (κ2) is 8.08. The van der Waals surface area contributed by atoms with Crippen LogP contribution in [0.25, 0.3) is 0 Å². The number of carbonyl (C=O) groups excluding carboxylic acids is 1. The Morgan fingerprint density at radius 1 is 0.724 bits per heavy atom. The Labute approximate surface area is 175 Å². The van der Waals surface area contributed by atoms with Crippen molar-refractivity contribution in [3.05, 3.63) is 84.9 Å². The van der Waals surface area contributed by atoms with Crippen LogP contribution < -0.4 is 4.74 Å². The number of hydrogen-bond acceptors (Lipinski definition) is 2. The van der Waals surface area contributed by atoms with Gasteiger partial charge in [0, 0.05) is 0 Å². The molecule has 5 rings (SSSR count). The van der Waals surface area contributed by atoms with Crippen LogP contribution in [0, 0.1) is 17.8 Å². The number of fused-ring (bicyclic) bond motifs is 2. The minimum Gasteiger partial charge on any atom is -0.426 e. The molecule has 0 heterocycles. The summed E-state index contributed by atoms with van der Waals surface area (Å²) in [7, 11) is -0.632. The number of esters is 1. The van der Waals surface area contributed by atoms with Crippen molar-refractivity contribution >= 4 is 16.9 Å². The highest BCUT2D eigenvalue weighted by Crippen LogP contribution is 2.51. The summed E-state index contributed by atoms with van der Waals surface area (Å²) in [6.07, 6.45) is 4.74. The SMILES string of the molecule is O=C(Oc1ccc([SH](c2ccccc2)c2ccccc2)cc1)C1CC2CCC1C2. The summed E-state index contributed by atoms with van der Waals surface area (Å²) < 4.78 is 5.77. The molecule has 0 aromatic heterocycles. The van der Waals surface area contributed by atoms with E-state index in [0.29, 0.717) is 11.7 Å². The molecule has 3 aromatic carbocycles. The fourth-order valence-electron chi connectivity index (χ4n) is 4.99. The van der Waals surface area contributed by atoms with Gasteiger partial charge in [0.25, 0.3) is 0 Å². The summed E-state index contributed by atoms with van der Waals surface area (Å²) in [5, 5.41) is 0. The summed E-state index contributed by atoms with van der Waals surface area (Å²) in [6.45, 7) is 0. The lowest BCUT2D eigenvalue weighted by atomic mass is 9.89. The summed E-state index contributed by atoms with van der Waals surface area (Å²) >= 11 is 0. The first-order valence-electron chi connectivity index (χ1n) is 10.5. The highest BCUT2D eigenvalue weighted by molar-refractivity contribution is 8.17. The molecule has 2 bridgehead atoms. The van der Waals surface area contributed by atoms with Crippen LogP contribution in [0.1, 0.15) is 25.7 Å². The van der Waals surface area contributed by atoms with E-state index in [4.69, 9.17) is 4.74 Å². The van der Waals surface area contributed by atoms with E-state index in [9.17, 15) is 4.79 Å². The molecule has 2 nitrogen and oxygen atoms in total. The first-order valence-corrected chi connectivity index (χ1v) is 11.8. The number of benzene rings is 3. The molecule has 2 saturated carbocycles. The third kappa shape index (κ3) is 3.84. The minimum absolute atomic E-state index is 0.0293. The summed E-state index contributed by atoms with van der Waals surface area (Å²) in [5.74, 6) is 2.05. The monoisotopic (exact) mass is 402 g/mol. The van der Waals surface area contributed by atoms with E-state index in [-0.39, 0.29) is 11.9 Å². The molecule has 0 saturated heterocycles. The lowest BCUT2D eigenvalue weighted by molar-refractivity contribution is -0.140. The van der Waals surface area contributed by atoms with Gasteiger partial charge in [-0.05, 0) is 94.3 Å². The number of rotatable bonds is 5. The van der Waals surface area contributed by atoms with Crippen molar-refractivity contribution in [2.75, 3.05) is 0 Å². The van der Waals surface area contributed by atoms with Gasteiger partial charge in [-0.3, -0.25) is 4.79 Å². The quantitative estimate of drug-likeness (QED) is 0.299. The van der Waals surface area contributed by atoms with Crippen molar-refractivity contribution in [1.29, 1.82) is 0 Å². The van der Waals surface area contributed by atoms with Crippen LogP contribution in [0.4, 0.5) is 0 Å². The highest BCUT2D eigenvalue weighted by Gasteiger charge is 2.44. The van der Waals surface area contributed by atoms with Crippen molar-refractivity contribution in [3.8, 4) is 5.75 Å². The van der Waals surface area contributed by atoms with Crippen molar-refractivity contribution in [3.63, 3.8) is 0 Å². The molecule has 3 atom stereocenters. The number of thiol groups is 1. The summed E-state index contributed by atoms with van der Waals surface area (Å²) in [6, 6.07) is 29.4. The van der Waals surface area contributed by atoms with Gasteiger partial charge in [0.2, 0.25) is 0 Å². The molecule has 0 aliphatic heterocycles. The number of ether oxygens (including phenoxy) is 1. The number of hydrogen-bond donors (Lipinski definition) is 1. The van der Waals surface area contributed by atoms with E-state index in [1.807, 2.05) is 12.1 Å². The maximum absolute atomic E-state index is 12.6. The van der Waals surface area contributed by atoms with Crippen LogP contribution in [0.15, 0.2) is 99.6 Å². The molecular weight excluding hydrogens is 376 g/mol. The zero-order valence-corrected chi connectivity index (χ0v) is 17.3. The van der Waals surface area contributed by atoms with Gasteiger partial charge in [0.1, 0.15) is 5.75 Å². The van der Waals surface area contributed by atoms with E-state index in [1.54, 1.807) is 0 Å². The summed E-state index contributed by atoms with van der Waals surface area (Å²) in [4.78, 5) is 16.5. The lowest BCUT2D eigenvalue weighted by Crippen LogP contribution is -2.25. The Morgan fingerprint density at radius 3 is 1.83 bits per heavy atom. The van der Waals surface area contributed by atoms with Crippen LogP contribution >= 0.6 is 10.9 Å². The molecule has 2 fully saturated rings. The van der Waals surface area contributed by atoms with Gasteiger partial charge in [-0.15, -0.1) is 0 Å². The molecule has 0 N–H and O–H groups in total. The fourth-order valence-corrected chi connectivity index (χ4v) is 7.27. The molecule has 0 radical (unpaired) electrons. The first-order chi connectivity index (χ1) is 14.3. The second-order valence-corrected chi connectivity index (χ2v) is 10.4. The molecule has 2 aliphatic carbocycles. The van der Waals surface area contributed by atoms with Gasteiger partial charge in [0.05, 0.1) is 5.92 Å². The molecule has 0 amide bonds. The average molecular weight is 403 g/mol. The molecule has 3 unspecified atom stereocenters. The van der Waals surface area contributed by atoms with Gasteiger partial charge in [-0.1, -0.05) is 42.8 Å². The van der Waals surface area contributed by atoms with Gasteiger partial charge >= 0.3 is 5.97 Å². The summed E-state index contributed by atoms with van der Waals surface area (Å²) in [5.41, 5.74) is 0. The Hall–Kier alpha value is -2.52.